The summed E-state index contributed by atoms with van der Waals surface area (Å²) >= 11 is 0. The van der Waals surface area contributed by atoms with Crippen molar-refractivity contribution in [2.45, 2.75) is 20.3 Å². The average molecular weight is 380 g/mol. The molecule has 0 saturated carbocycles. The number of ether oxygens (including phenoxy) is 1. The number of anilines is 2. The maximum atomic E-state index is 12.5. The van der Waals surface area contributed by atoms with E-state index < -0.39 is 5.91 Å². The molecular formula is C21H20N2O5. The molecule has 0 fully saturated rings. The van der Waals surface area contributed by atoms with Gasteiger partial charge in [0, 0.05) is 23.2 Å². The predicted molar refractivity (Wildman–Crippen MR) is 104 cm³/mol. The molecule has 7 heteroatoms. The van der Waals surface area contributed by atoms with Crippen LogP contribution in [0.2, 0.25) is 0 Å². The van der Waals surface area contributed by atoms with Crippen molar-refractivity contribution in [1.29, 1.82) is 0 Å². The zero-order valence-electron chi connectivity index (χ0n) is 15.7. The summed E-state index contributed by atoms with van der Waals surface area (Å²) in [6, 6.07) is 11.4. The van der Waals surface area contributed by atoms with Crippen LogP contribution in [-0.2, 0) is 9.59 Å². The number of hydrogen-bond donors (Lipinski definition) is 1. The minimum atomic E-state index is -0.422. The van der Waals surface area contributed by atoms with Crippen LogP contribution in [0, 0.1) is 0 Å². The first-order chi connectivity index (χ1) is 13.4. The lowest BCUT2D eigenvalue weighted by atomic mass is 10.1. The Hall–Kier alpha value is -3.48. The molecule has 1 aliphatic rings. The van der Waals surface area contributed by atoms with Crippen LogP contribution < -0.4 is 15.0 Å². The van der Waals surface area contributed by atoms with E-state index in [1.54, 1.807) is 49.4 Å². The van der Waals surface area contributed by atoms with Crippen molar-refractivity contribution >= 4 is 34.8 Å². The third-order valence-corrected chi connectivity index (χ3v) is 4.40. The van der Waals surface area contributed by atoms with Gasteiger partial charge in [0.1, 0.15) is 12.3 Å². The summed E-state index contributed by atoms with van der Waals surface area (Å²) in [5.74, 6) is -0.526. The summed E-state index contributed by atoms with van der Waals surface area (Å²) in [6.07, 6.45) is 0.334. The molecule has 0 aliphatic carbocycles. The number of rotatable bonds is 6. The summed E-state index contributed by atoms with van der Waals surface area (Å²) in [4.78, 5) is 49.6. The molecule has 0 atom stereocenters. The van der Waals surface area contributed by atoms with Crippen LogP contribution in [0.4, 0.5) is 11.4 Å². The number of nitrogens with zero attached hydrogens (tertiary/aromatic N) is 1. The molecule has 1 heterocycles. The fraction of sp³-hybridized carbons (Fsp3) is 0.238. The second-order valence-corrected chi connectivity index (χ2v) is 6.41. The van der Waals surface area contributed by atoms with Crippen molar-refractivity contribution in [2.75, 3.05) is 23.4 Å². The minimum Gasteiger partial charge on any atom is -0.482 e. The van der Waals surface area contributed by atoms with Crippen LogP contribution in [0.25, 0.3) is 0 Å². The lowest BCUT2D eigenvalue weighted by molar-refractivity contribution is -0.123. The van der Waals surface area contributed by atoms with Gasteiger partial charge in [-0.25, -0.2) is 0 Å². The van der Waals surface area contributed by atoms with Gasteiger partial charge >= 0.3 is 0 Å². The molecule has 0 spiro atoms. The fourth-order valence-electron chi connectivity index (χ4n) is 2.91. The molecule has 144 valence electrons. The first-order valence-corrected chi connectivity index (χ1v) is 8.90. The average Bonchev–Trinajstić information content (AvgIpc) is 2.69. The smallest absolute Gasteiger partial charge is 0.265 e. The number of nitrogens with one attached hydrogen (secondary N) is 1. The van der Waals surface area contributed by atoms with E-state index in [0.29, 0.717) is 34.7 Å². The molecular weight excluding hydrogens is 360 g/mol. The third kappa shape index (κ3) is 4.09. The molecule has 28 heavy (non-hydrogen) atoms. The van der Waals surface area contributed by atoms with Gasteiger partial charge in [-0.15, -0.1) is 0 Å². The van der Waals surface area contributed by atoms with Crippen molar-refractivity contribution < 1.29 is 23.9 Å². The molecule has 7 nitrogen and oxygen atoms in total. The lowest BCUT2D eigenvalue weighted by Gasteiger charge is -2.29. The van der Waals surface area contributed by atoms with Crippen molar-refractivity contribution in [1.82, 2.24) is 0 Å². The second kappa shape index (κ2) is 8.04. The molecule has 2 aromatic rings. The Kier molecular flexibility index (Phi) is 5.54. The number of amides is 2. The standard InChI is InChI=1S/C21H20N2O5/c1-3-18(25)15-7-8-19-17(10-15)23(21(27)12-28-19)11-20(26)22-16-6-4-5-14(9-16)13(2)24/h4-10H,3,11-12H2,1-2H3,(H,22,26). The largest absolute Gasteiger partial charge is 0.482 e. The Morgan fingerprint density at radius 3 is 2.61 bits per heavy atom. The predicted octanol–water partition coefficient (Wildman–Crippen LogP) is 2.85. The number of hydrogen-bond acceptors (Lipinski definition) is 5. The molecule has 0 aromatic heterocycles. The maximum Gasteiger partial charge on any atom is 0.265 e. The second-order valence-electron chi connectivity index (χ2n) is 6.41. The number of benzene rings is 2. The first kappa shape index (κ1) is 19.3. The molecule has 1 aliphatic heterocycles. The Bertz CT molecular complexity index is 967. The van der Waals surface area contributed by atoms with Crippen LogP contribution in [0.5, 0.6) is 5.75 Å². The van der Waals surface area contributed by atoms with Gasteiger partial charge in [-0.1, -0.05) is 19.1 Å². The molecule has 3 rings (SSSR count). The summed E-state index contributed by atoms with van der Waals surface area (Å²) < 4.78 is 5.40. The van der Waals surface area contributed by atoms with Crippen molar-refractivity contribution in [2.24, 2.45) is 0 Å². The summed E-state index contributed by atoms with van der Waals surface area (Å²) in [5.41, 5.74) is 1.80. The highest BCUT2D eigenvalue weighted by Crippen LogP contribution is 2.33. The van der Waals surface area contributed by atoms with E-state index in [0.717, 1.165) is 0 Å². The number of ketones is 2. The van der Waals surface area contributed by atoms with E-state index in [1.807, 2.05) is 0 Å². The highest BCUT2D eigenvalue weighted by Gasteiger charge is 2.28. The molecule has 0 saturated heterocycles. The number of Topliss-reactive ketones (excluding diaryl/α,β-unsaturated/α-hetero) is 2. The van der Waals surface area contributed by atoms with Crippen LogP contribution >= 0.6 is 0 Å². The van der Waals surface area contributed by atoms with Gasteiger partial charge in [0.15, 0.2) is 18.2 Å². The highest BCUT2D eigenvalue weighted by molar-refractivity contribution is 6.06. The third-order valence-electron chi connectivity index (χ3n) is 4.40. The molecule has 0 radical (unpaired) electrons. The molecule has 1 N–H and O–H groups in total. The van der Waals surface area contributed by atoms with E-state index in [2.05, 4.69) is 5.32 Å². The zero-order valence-corrected chi connectivity index (χ0v) is 15.7. The van der Waals surface area contributed by atoms with Gasteiger partial charge in [-0.2, -0.15) is 0 Å². The van der Waals surface area contributed by atoms with Gasteiger partial charge in [0.05, 0.1) is 5.69 Å². The number of fused-ring (bicyclic) bond motifs is 1. The van der Waals surface area contributed by atoms with Gasteiger partial charge in [-0.3, -0.25) is 24.1 Å². The van der Waals surface area contributed by atoms with Gasteiger partial charge < -0.3 is 10.1 Å². The van der Waals surface area contributed by atoms with E-state index in [4.69, 9.17) is 4.74 Å². The Morgan fingerprint density at radius 1 is 1.11 bits per heavy atom. The van der Waals surface area contributed by atoms with Crippen molar-refractivity contribution in [3.05, 3.63) is 53.6 Å². The molecule has 2 aromatic carbocycles. The van der Waals surface area contributed by atoms with Gasteiger partial charge in [0.2, 0.25) is 5.91 Å². The number of carbonyl (C=O) groups is 4. The zero-order chi connectivity index (χ0) is 20.3. The quantitative estimate of drug-likeness (QED) is 0.778. The van der Waals surface area contributed by atoms with E-state index in [9.17, 15) is 19.2 Å². The van der Waals surface area contributed by atoms with Crippen LogP contribution in [-0.4, -0.2) is 36.5 Å². The fourth-order valence-corrected chi connectivity index (χ4v) is 2.91. The van der Waals surface area contributed by atoms with Gasteiger partial charge in [0.25, 0.3) is 5.91 Å². The van der Waals surface area contributed by atoms with Crippen LogP contribution in [0.15, 0.2) is 42.5 Å². The number of carbonyl (C=O) groups excluding carboxylic acids is 4. The van der Waals surface area contributed by atoms with Crippen LogP contribution in [0.3, 0.4) is 0 Å². The van der Waals surface area contributed by atoms with Crippen molar-refractivity contribution in [3.63, 3.8) is 0 Å². The Balaban J connectivity index is 1.81. The summed E-state index contributed by atoms with van der Waals surface area (Å²) in [7, 11) is 0. The molecule has 0 unspecified atom stereocenters. The Morgan fingerprint density at radius 2 is 1.89 bits per heavy atom. The topological polar surface area (TPSA) is 92.8 Å². The van der Waals surface area contributed by atoms with E-state index in [-0.39, 0.29) is 30.6 Å². The highest BCUT2D eigenvalue weighted by atomic mass is 16.5. The summed E-state index contributed by atoms with van der Waals surface area (Å²) in [6.45, 7) is 2.79. The Labute approximate surface area is 162 Å². The monoisotopic (exact) mass is 380 g/mol. The van der Waals surface area contributed by atoms with Crippen molar-refractivity contribution in [3.8, 4) is 5.75 Å². The maximum absolute atomic E-state index is 12.5. The SMILES string of the molecule is CCC(=O)c1ccc2c(c1)N(CC(=O)Nc1cccc(C(C)=O)c1)C(=O)CO2. The minimum absolute atomic E-state index is 0.0636. The van der Waals surface area contributed by atoms with E-state index in [1.165, 1.54) is 11.8 Å². The van der Waals surface area contributed by atoms with E-state index >= 15 is 0 Å². The molecule has 0 bridgehead atoms. The normalized spacial score (nSPS) is 12.8. The molecule has 2 amide bonds. The van der Waals surface area contributed by atoms with Gasteiger partial charge in [-0.05, 0) is 37.3 Å². The summed E-state index contributed by atoms with van der Waals surface area (Å²) in [5, 5.41) is 2.69. The first-order valence-electron chi connectivity index (χ1n) is 8.90. The lowest BCUT2D eigenvalue weighted by Crippen LogP contribution is -2.43. The van der Waals surface area contributed by atoms with Crippen LogP contribution in [0.1, 0.15) is 41.0 Å².